The maximum absolute atomic E-state index is 13.0. The molecule has 12 atom stereocenters. The van der Waals surface area contributed by atoms with Crippen LogP contribution in [0.2, 0.25) is 0 Å². The van der Waals surface area contributed by atoms with Crippen LogP contribution in [0.1, 0.15) is 213 Å². The number of hydrogen-bond acceptors (Lipinski definition) is 13. The van der Waals surface area contributed by atoms with Crippen LogP contribution in [0.15, 0.2) is 0 Å². The van der Waals surface area contributed by atoms with Crippen molar-refractivity contribution in [3.05, 3.63) is 0 Å². The van der Waals surface area contributed by atoms with E-state index in [2.05, 4.69) is 19.2 Å². The van der Waals surface area contributed by atoms with Gasteiger partial charge in [-0.05, 0) is 12.8 Å². The van der Waals surface area contributed by atoms with Crippen molar-refractivity contribution in [3.63, 3.8) is 0 Å². The van der Waals surface area contributed by atoms with Gasteiger partial charge in [0.25, 0.3) is 0 Å². The third-order valence-electron chi connectivity index (χ3n) is 13.1. The molecular formula is C49H95NO13. The molecular weight excluding hydrogens is 811 g/mol. The maximum atomic E-state index is 13.0. The lowest BCUT2D eigenvalue weighted by Gasteiger charge is -2.46. The fraction of sp³-hybridized carbons (Fsp3) is 0.980. The number of unbranched alkanes of at least 4 members (excludes halogenated alkanes) is 27. The van der Waals surface area contributed by atoms with Gasteiger partial charge in [0, 0.05) is 6.42 Å². The number of aliphatic hydroxyl groups is 8. The zero-order valence-corrected chi connectivity index (χ0v) is 39.6. The minimum atomic E-state index is -1.78. The van der Waals surface area contributed by atoms with Crippen molar-refractivity contribution in [2.45, 2.75) is 286 Å². The molecule has 0 saturated carbocycles. The van der Waals surface area contributed by atoms with E-state index in [1.54, 1.807) is 0 Å². The van der Waals surface area contributed by atoms with Gasteiger partial charge < -0.3 is 65.1 Å². The molecule has 0 aromatic heterocycles. The van der Waals surface area contributed by atoms with Gasteiger partial charge in [0.05, 0.1) is 32.0 Å². The van der Waals surface area contributed by atoms with Crippen molar-refractivity contribution in [3.8, 4) is 0 Å². The summed E-state index contributed by atoms with van der Waals surface area (Å²) in [5.74, 6) is -0.214. The Balaban J connectivity index is 1.70. The summed E-state index contributed by atoms with van der Waals surface area (Å²) in [6, 6.07) is -0.819. The molecule has 2 aliphatic rings. The number of amides is 1. The number of aliphatic hydroxyl groups excluding tert-OH is 8. The first-order valence-electron chi connectivity index (χ1n) is 25.8. The van der Waals surface area contributed by atoms with Crippen LogP contribution in [0.4, 0.5) is 0 Å². The molecule has 14 nitrogen and oxygen atoms in total. The molecule has 63 heavy (non-hydrogen) atoms. The Bertz CT molecular complexity index is 1070. The Morgan fingerprint density at radius 2 is 0.905 bits per heavy atom. The second-order valence-corrected chi connectivity index (χ2v) is 18.7. The molecule has 2 rings (SSSR count). The van der Waals surface area contributed by atoms with Gasteiger partial charge >= 0.3 is 0 Å². The van der Waals surface area contributed by atoms with Gasteiger partial charge in [-0.2, -0.15) is 0 Å². The van der Waals surface area contributed by atoms with Gasteiger partial charge in [-0.15, -0.1) is 0 Å². The number of rotatable bonds is 40. The highest BCUT2D eigenvalue weighted by Gasteiger charge is 2.51. The molecule has 0 bridgehead atoms. The first kappa shape index (κ1) is 58.1. The molecule has 0 aromatic rings. The van der Waals surface area contributed by atoms with Crippen LogP contribution in [-0.2, 0) is 23.7 Å². The van der Waals surface area contributed by atoms with Crippen LogP contribution in [0.5, 0.6) is 0 Å². The van der Waals surface area contributed by atoms with E-state index >= 15 is 0 Å². The molecule has 0 aliphatic carbocycles. The third-order valence-corrected chi connectivity index (χ3v) is 13.1. The van der Waals surface area contributed by atoms with E-state index in [1.807, 2.05) is 0 Å². The van der Waals surface area contributed by atoms with Gasteiger partial charge in [-0.1, -0.05) is 194 Å². The highest BCUT2D eigenvalue weighted by molar-refractivity contribution is 5.76. The number of nitrogens with one attached hydrogen (secondary N) is 1. The van der Waals surface area contributed by atoms with E-state index < -0.39 is 86.8 Å². The van der Waals surface area contributed by atoms with Crippen molar-refractivity contribution in [2.24, 2.45) is 0 Å². The molecule has 2 heterocycles. The molecule has 1 amide bonds. The van der Waals surface area contributed by atoms with Crippen molar-refractivity contribution < 1.29 is 64.6 Å². The first-order chi connectivity index (χ1) is 30.6. The Morgan fingerprint density at radius 1 is 0.508 bits per heavy atom. The van der Waals surface area contributed by atoms with Gasteiger partial charge in [-0.3, -0.25) is 4.79 Å². The standard InChI is InChI=1S/C49H95NO13/c1-3-5-7-9-11-12-13-14-15-16-17-18-19-20-21-22-23-24-25-26-27-28-30-32-38(53)37(50-41(54)33-31-29-10-8-6-4-2)36-60-48-46(59)44(57)47(40(35-52)62-48)63-49-45(58)43(56)42(55)39(34-51)61-49/h37-40,42-49,51-53,55-59H,3-36H2,1-2H3,(H,50,54). The highest BCUT2D eigenvalue weighted by atomic mass is 16.7. The van der Waals surface area contributed by atoms with Crippen LogP contribution in [-0.4, -0.2) is 140 Å². The van der Waals surface area contributed by atoms with Gasteiger partial charge in [0.2, 0.25) is 5.91 Å². The zero-order valence-electron chi connectivity index (χ0n) is 39.6. The summed E-state index contributed by atoms with van der Waals surface area (Å²) in [6.07, 6.45) is 20.2. The van der Waals surface area contributed by atoms with Crippen molar-refractivity contribution >= 4 is 5.91 Å². The largest absolute Gasteiger partial charge is 0.394 e. The normalized spacial score (nSPS) is 27.4. The Kier molecular flexibility index (Phi) is 34.2. The Hall–Kier alpha value is -1.01. The fourth-order valence-electron chi connectivity index (χ4n) is 8.83. The quantitative estimate of drug-likeness (QED) is 0.0296. The Morgan fingerprint density at radius 3 is 1.35 bits per heavy atom. The van der Waals surface area contributed by atoms with E-state index in [9.17, 15) is 45.6 Å². The summed E-state index contributed by atoms with van der Waals surface area (Å²) in [6.45, 7) is 2.79. The maximum Gasteiger partial charge on any atom is 0.220 e. The number of carbonyl (C=O) groups excluding carboxylic acids is 1. The topological polar surface area (TPSA) is 228 Å². The summed E-state index contributed by atoms with van der Waals surface area (Å²) >= 11 is 0. The van der Waals surface area contributed by atoms with Crippen molar-refractivity contribution in [2.75, 3.05) is 19.8 Å². The lowest BCUT2D eigenvalue weighted by Crippen LogP contribution is -2.65. The van der Waals surface area contributed by atoms with E-state index in [4.69, 9.17) is 18.9 Å². The summed E-state index contributed by atoms with van der Waals surface area (Å²) in [5.41, 5.74) is 0. The lowest BCUT2D eigenvalue weighted by molar-refractivity contribution is -0.359. The van der Waals surface area contributed by atoms with E-state index in [0.29, 0.717) is 12.8 Å². The SMILES string of the molecule is CCCCCCCCCCCCCCCCCCCCCCCCCC(O)C(COC1OC(CO)C(OC2OC(CO)C(O)C(O)C2O)C(O)C1O)NC(=O)CCCCCCCC. The first-order valence-corrected chi connectivity index (χ1v) is 25.8. The molecule has 2 aliphatic heterocycles. The summed E-state index contributed by atoms with van der Waals surface area (Å²) in [4.78, 5) is 13.0. The number of hydrogen-bond donors (Lipinski definition) is 9. The average molecular weight is 906 g/mol. The molecule has 0 radical (unpaired) electrons. The van der Waals surface area contributed by atoms with E-state index in [0.717, 1.165) is 57.8 Å². The molecule has 12 unspecified atom stereocenters. The minimum Gasteiger partial charge on any atom is -0.394 e. The Labute approximate surface area is 381 Å². The summed E-state index contributed by atoms with van der Waals surface area (Å²) in [5, 5.41) is 86.6. The fourth-order valence-corrected chi connectivity index (χ4v) is 8.83. The van der Waals surface area contributed by atoms with Crippen LogP contribution in [0.3, 0.4) is 0 Å². The monoisotopic (exact) mass is 906 g/mol. The molecule has 0 spiro atoms. The summed E-state index contributed by atoms with van der Waals surface area (Å²) < 4.78 is 22.7. The van der Waals surface area contributed by atoms with Crippen molar-refractivity contribution in [1.29, 1.82) is 0 Å². The van der Waals surface area contributed by atoms with Crippen molar-refractivity contribution in [1.82, 2.24) is 5.32 Å². The lowest BCUT2D eigenvalue weighted by atomic mass is 9.97. The molecule has 2 saturated heterocycles. The van der Waals surface area contributed by atoms with E-state index in [-0.39, 0.29) is 12.5 Å². The molecule has 9 N–H and O–H groups in total. The number of carbonyl (C=O) groups is 1. The number of ether oxygens (including phenoxy) is 4. The van der Waals surface area contributed by atoms with Gasteiger partial charge in [0.1, 0.15) is 48.8 Å². The zero-order chi connectivity index (χ0) is 46.1. The predicted octanol–water partition coefficient (Wildman–Crippen LogP) is 6.61. The van der Waals surface area contributed by atoms with Crippen LogP contribution in [0.25, 0.3) is 0 Å². The molecule has 374 valence electrons. The highest BCUT2D eigenvalue weighted by Crippen LogP contribution is 2.30. The van der Waals surface area contributed by atoms with E-state index in [1.165, 1.54) is 128 Å². The smallest absolute Gasteiger partial charge is 0.220 e. The summed E-state index contributed by atoms with van der Waals surface area (Å²) in [7, 11) is 0. The predicted molar refractivity (Wildman–Crippen MR) is 245 cm³/mol. The van der Waals surface area contributed by atoms with Crippen LogP contribution < -0.4 is 5.32 Å². The second-order valence-electron chi connectivity index (χ2n) is 18.7. The average Bonchev–Trinajstić information content (AvgIpc) is 3.28. The molecule has 0 aromatic carbocycles. The third kappa shape index (κ3) is 24.5. The van der Waals surface area contributed by atoms with Gasteiger partial charge in [-0.25, -0.2) is 0 Å². The molecule has 14 heteroatoms. The minimum absolute atomic E-state index is 0.214. The van der Waals surface area contributed by atoms with Crippen LogP contribution >= 0.6 is 0 Å². The molecule has 2 fully saturated rings. The van der Waals surface area contributed by atoms with Gasteiger partial charge in [0.15, 0.2) is 12.6 Å². The second kappa shape index (κ2) is 37.0. The van der Waals surface area contributed by atoms with Crippen LogP contribution in [0, 0.1) is 0 Å².